The number of aryl methyl sites for hydroxylation is 1. The van der Waals surface area contributed by atoms with E-state index in [1.807, 2.05) is 25.1 Å². The van der Waals surface area contributed by atoms with Crippen LogP contribution < -0.4 is 5.43 Å². The van der Waals surface area contributed by atoms with Crippen LogP contribution in [0.15, 0.2) is 35.4 Å². The summed E-state index contributed by atoms with van der Waals surface area (Å²) >= 11 is 0. The first-order chi connectivity index (χ1) is 14.3. The van der Waals surface area contributed by atoms with Crippen molar-refractivity contribution in [2.24, 2.45) is 5.10 Å². The fraction of sp³-hybridized carbons (Fsp3) is 0.0588. The summed E-state index contributed by atoms with van der Waals surface area (Å²) in [6.07, 6.45) is 0.984. The fourth-order valence-corrected chi connectivity index (χ4v) is 2.86. The summed E-state index contributed by atoms with van der Waals surface area (Å²) in [5.74, 6) is -0.738. The van der Waals surface area contributed by atoms with Crippen molar-refractivity contribution in [3.05, 3.63) is 61.7 Å². The Hall–Kier alpha value is -4.68. The van der Waals surface area contributed by atoms with E-state index in [0.29, 0.717) is 17.2 Å². The predicted molar refractivity (Wildman–Crippen MR) is 107 cm³/mol. The number of hydrazone groups is 1. The summed E-state index contributed by atoms with van der Waals surface area (Å²) in [5, 5.41) is 44.6. The Balaban J connectivity index is 1.64. The highest BCUT2D eigenvalue weighted by molar-refractivity contribution is 6.03. The maximum absolute atomic E-state index is 11.0. The molecule has 4 aromatic rings. The molecule has 0 amide bonds. The Labute approximate surface area is 166 Å². The first-order valence-electron chi connectivity index (χ1n) is 8.41. The Morgan fingerprint density at radius 1 is 1.17 bits per heavy atom. The number of aromatic amines is 1. The van der Waals surface area contributed by atoms with Gasteiger partial charge < -0.3 is 10.1 Å². The first-order valence-corrected chi connectivity index (χ1v) is 8.41. The summed E-state index contributed by atoms with van der Waals surface area (Å²) in [6.45, 7) is 1.96. The van der Waals surface area contributed by atoms with Gasteiger partial charge >= 0.3 is 5.69 Å². The van der Waals surface area contributed by atoms with Gasteiger partial charge in [0, 0.05) is 17.0 Å². The van der Waals surface area contributed by atoms with Crippen molar-refractivity contribution >= 4 is 45.6 Å². The van der Waals surface area contributed by atoms with Crippen LogP contribution in [-0.2, 0) is 0 Å². The molecule has 0 saturated heterocycles. The van der Waals surface area contributed by atoms with Crippen LogP contribution in [0.3, 0.4) is 0 Å². The lowest BCUT2D eigenvalue weighted by Crippen LogP contribution is -2.00. The van der Waals surface area contributed by atoms with E-state index < -0.39 is 27.0 Å². The molecule has 0 aliphatic carbocycles. The van der Waals surface area contributed by atoms with Gasteiger partial charge in [-0.1, -0.05) is 11.6 Å². The van der Waals surface area contributed by atoms with Crippen molar-refractivity contribution in [3.63, 3.8) is 0 Å². The second-order valence-corrected chi connectivity index (χ2v) is 6.29. The molecule has 2 aromatic heterocycles. The van der Waals surface area contributed by atoms with Gasteiger partial charge in [-0.2, -0.15) is 10.1 Å². The van der Waals surface area contributed by atoms with Crippen molar-refractivity contribution in [3.8, 4) is 5.75 Å². The molecule has 0 radical (unpaired) electrons. The number of hydrogen-bond donors (Lipinski definition) is 3. The molecule has 0 unspecified atom stereocenters. The molecule has 30 heavy (non-hydrogen) atoms. The van der Waals surface area contributed by atoms with Crippen LogP contribution in [0.25, 0.3) is 22.1 Å². The topological polar surface area (TPSA) is 185 Å². The fourth-order valence-electron chi connectivity index (χ4n) is 2.86. The zero-order valence-corrected chi connectivity index (χ0v) is 15.2. The quantitative estimate of drug-likeness (QED) is 0.253. The van der Waals surface area contributed by atoms with Gasteiger partial charge in [0.2, 0.25) is 5.75 Å². The number of nitrogens with one attached hydrogen (secondary N) is 2. The molecule has 0 aliphatic rings. The smallest absolute Gasteiger partial charge is 0.318 e. The molecule has 3 N–H and O–H groups in total. The van der Waals surface area contributed by atoms with E-state index in [-0.39, 0.29) is 11.5 Å². The molecule has 4 rings (SSSR count). The summed E-state index contributed by atoms with van der Waals surface area (Å²) < 4.78 is 0. The highest BCUT2D eigenvalue weighted by Crippen LogP contribution is 2.33. The summed E-state index contributed by atoms with van der Waals surface area (Å²) in [6, 6.07) is 7.42. The zero-order chi connectivity index (χ0) is 21.4. The summed E-state index contributed by atoms with van der Waals surface area (Å²) in [5.41, 5.74) is 3.83. The zero-order valence-electron chi connectivity index (χ0n) is 15.2. The van der Waals surface area contributed by atoms with E-state index in [9.17, 15) is 25.3 Å². The van der Waals surface area contributed by atoms with Crippen LogP contribution in [-0.4, -0.2) is 41.3 Å². The Bertz CT molecular complexity index is 1360. The SMILES string of the molecule is Cc1ccc2[nH]c3nc(N/N=C\c4cc([N+](=O)[O-])cc([N+](=O)[O-])c4O)nnc3c2c1. The van der Waals surface area contributed by atoms with Gasteiger partial charge in [-0.3, -0.25) is 20.2 Å². The van der Waals surface area contributed by atoms with Gasteiger partial charge in [-0.25, -0.2) is 5.43 Å². The second-order valence-electron chi connectivity index (χ2n) is 6.29. The minimum atomic E-state index is -0.925. The largest absolute Gasteiger partial charge is 0.502 e. The minimum Gasteiger partial charge on any atom is -0.502 e. The normalized spacial score (nSPS) is 11.4. The van der Waals surface area contributed by atoms with Crippen molar-refractivity contribution in [2.45, 2.75) is 6.92 Å². The van der Waals surface area contributed by atoms with Crippen LogP contribution in [0.1, 0.15) is 11.1 Å². The molecular weight excluding hydrogens is 396 g/mol. The standard InChI is InChI=1S/C17H12N8O5/c1-8-2-3-12-11(4-8)14-16(19-12)20-17(23-21-14)22-18-7-9-5-10(24(27)28)6-13(15(9)26)25(29)30/h2-7,26H,1H3,(H2,19,20,22,23)/b18-7-. The van der Waals surface area contributed by atoms with E-state index in [2.05, 4.69) is 30.7 Å². The summed E-state index contributed by atoms with van der Waals surface area (Å²) in [4.78, 5) is 27.6. The molecule has 0 aliphatic heterocycles. The number of H-pyrrole nitrogens is 1. The second kappa shape index (κ2) is 7.05. The van der Waals surface area contributed by atoms with Gasteiger partial charge in [-0.05, 0) is 19.1 Å². The molecule has 0 fully saturated rings. The number of nitrogens with zero attached hydrogens (tertiary/aromatic N) is 6. The number of benzene rings is 2. The molecule has 13 nitrogen and oxygen atoms in total. The average molecular weight is 408 g/mol. The van der Waals surface area contributed by atoms with Crippen LogP contribution in [0.4, 0.5) is 17.3 Å². The van der Waals surface area contributed by atoms with Gasteiger partial charge in [0.25, 0.3) is 11.6 Å². The molecule has 150 valence electrons. The van der Waals surface area contributed by atoms with Gasteiger partial charge in [0.05, 0.1) is 27.7 Å². The van der Waals surface area contributed by atoms with Crippen LogP contribution in [0.5, 0.6) is 5.75 Å². The molecule has 0 bridgehead atoms. The van der Waals surface area contributed by atoms with Gasteiger partial charge in [0.15, 0.2) is 5.65 Å². The van der Waals surface area contributed by atoms with E-state index in [1.165, 1.54) is 0 Å². The third kappa shape index (κ3) is 3.30. The van der Waals surface area contributed by atoms with Crippen molar-refractivity contribution in [1.29, 1.82) is 0 Å². The lowest BCUT2D eigenvalue weighted by Gasteiger charge is -2.01. The number of aromatic nitrogens is 4. The molecule has 13 heteroatoms. The van der Waals surface area contributed by atoms with E-state index in [4.69, 9.17) is 0 Å². The molecule has 0 atom stereocenters. The third-order valence-electron chi connectivity index (χ3n) is 4.25. The lowest BCUT2D eigenvalue weighted by atomic mass is 10.1. The lowest BCUT2D eigenvalue weighted by molar-refractivity contribution is -0.394. The van der Waals surface area contributed by atoms with Crippen LogP contribution in [0, 0.1) is 27.2 Å². The van der Waals surface area contributed by atoms with Crippen molar-refractivity contribution in [2.75, 3.05) is 5.43 Å². The van der Waals surface area contributed by atoms with Gasteiger partial charge in [-0.15, -0.1) is 10.2 Å². The van der Waals surface area contributed by atoms with E-state index >= 15 is 0 Å². The summed E-state index contributed by atoms with van der Waals surface area (Å²) in [7, 11) is 0. The Morgan fingerprint density at radius 3 is 2.70 bits per heavy atom. The number of aromatic hydroxyl groups is 1. The maximum atomic E-state index is 11.0. The molecule has 2 aromatic carbocycles. The number of nitro benzene ring substituents is 2. The predicted octanol–water partition coefficient (Wildman–Crippen LogP) is 2.78. The van der Waals surface area contributed by atoms with Gasteiger partial charge in [0.1, 0.15) is 5.52 Å². The Kier molecular flexibility index (Phi) is 4.39. The molecule has 2 heterocycles. The highest BCUT2D eigenvalue weighted by Gasteiger charge is 2.23. The highest BCUT2D eigenvalue weighted by atomic mass is 16.6. The van der Waals surface area contributed by atoms with Crippen molar-refractivity contribution < 1.29 is 15.0 Å². The number of hydrogen-bond acceptors (Lipinski definition) is 10. The molecular formula is C17H12N8O5. The number of phenolic OH excluding ortho intramolecular Hbond substituents is 1. The van der Waals surface area contributed by atoms with Crippen molar-refractivity contribution in [1.82, 2.24) is 20.2 Å². The monoisotopic (exact) mass is 408 g/mol. The number of non-ortho nitro benzene ring substituents is 1. The van der Waals surface area contributed by atoms with E-state index in [0.717, 1.165) is 28.7 Å². The van der Waals surface area contributed by atoms with Crippen LogP contribution >= 0.6 is 0 Å². The number of anilines is 1. The maximum Gasteiger partial charge on any atom is 0.318 e. The number of fused-ring (bicyclic) bond motifs is 3. The minimum absolute atomic E-state index is 0.0152. The third-order valence-corrected chi connectivity index (χ3v) is 4.25. The molecule has 0 spiro atoms. The first kappa shape index (κ1) is 18.7. The average Bonchev–Trinajstić information content (AvgIpc) is 3.05. The number of phenols is 1. The number of rotatable bonds is 5. The Morgan fingerprint density at radius 2 is 1.97 bits per heavy atom. The van der Waals surface area contributed by atoms with E-state index in [1.54, 1.807) is 0 Å². The van der Waals surface area contributed by atoms with Crippen LogP contribution in [0.2, 0.25) is 0 Å². The number of nitro groups is 2. The molecule has 0 saturated carbocycles.